The van der Waals surface area contributed by atoms with Gasteiger partial charge in [0.25, 0.3) is 0 Å². The quantitative estimate of drug-likeness (QED) is 0.932. The summed E-state index contributed by atoms with van der Waals surface area (Å²) in [5.74, 6) is 0.426. The van der Waals surface area contributed by atoms with Crippen molar-refractivity contribution in [2.24, 2.45) is 0 Å². The largest absolute Gasteiger partial charge is 0.308 e. The van der Waals surface area contributed by atoms with Gasteiger partial charge >= 0.3 is 0 Å². The highest BCUT2D eigenvalue weighted by molar-refractivity contribution is 5.34. The van der Waals surface area contributed by atoms with Crippen LogP contribution in [0.15, 0.2) is 30.6 Å². The monoisotopic (exact) mass is 281 g/mol. The van der Waals surface area contributed by atoms with Gasteiger partial charge in [0, 0.05) is 24.0 Å². The average Bonchev–Trinajstić information content (AvgIpc) is 2.89. The molecule has 0 fully saturated rings. The van der Waals surface area contributed by atoms with E-state index in [1.54, 1.807) is 0 Å². The van der Waals surface area contributed by atoms with Crippen LogP contribution in [0, 0.1) is 13.8 Å². The smallest absolute Gasteiger partial charge is 0.0609 e. The van der Waals surface area contributed by atoms with Gasteiger partial charge in [0.1, 0.15) is 0 Å². The van der Waals surface area contributed by atoms with Gasteiger partial charge in [0.2, 0.25) is 0 Å². The summed E-state index contributed by atoms with van der Waals surface area (Å²) in [4.78, 5) is 9.37. The van der Waals surface area contributed by atoms with Crippen molar-refractivity contribution in [2.75, 3.05) is 6.54 Å². The highest BCUT2D eigenvalue weighted by atomic mass is 15.0. The fourth-order valence-corrected chi connectivity index (χ4v) is 3.47. The average molecular weight is 281 g/mol. The molecule has 0 amide bonds. The molecule has 2 heterocycles. The van der Waals surface area contributed by atoms with Gasteiger partial charge in [0.15, 0.2) is 0 Å². The third kappa shape index (κ3) is 2.70. The molecule has 0 bridgehead atoms. The lowest BCUT2D eigenvalue weighted by molar-refractivity contribution is 0.436. The Morgan fingerprint density at radius 1 is 1.33 bits per heavy atom. The van der Waals surface area contributed by atoms with Crippen LogP contribution in [0.5, 0.6) is 0 Å². The van der Waals surface area contributed by atoms with E-state index < -0.39 is 0 Å². The van der Waals surface area contributed by atoms with Crippen molar-refractivity contribution in [2.45, 2.75) is 45.6 Å². The fourth-order valence-electron chi connectivity index (χ4n) is 3.47. The van der Waals surface area contributed by atoms with Gasteiger partial charge in [-0.15, -0.1) is 0 Å². The number of nitrogens with one attached hydrogen (secondary N) is 1. The first kappa shape index (κ1) is 14.2. The van der Waals surface area contributed by atoms with E-state index in [1.165, 1.54) is 28.1 Å². The van der Waals surface area contributed by atoms with E-state index in [-0.39, 0.29) is 6.04 Å². The molecule has 3 rings (SSSR count). The van der Waals surface area contributed by atoms with Crippen LogP contribution in [0.25, 0.3) is 0 Å². The summed E-state index contributed by atoms with van der Waals surface area (Å²) in [5, 5.41) is 3.64. The van der Waals surface area contributed by atoms with Gasteiger partial charge in [-0.05, 0) is 56.0 Å². The molecule has 2 aromatic rings. The maximum absolute atomic E-state index is 4.72. The number of hydrogen-bond acceptors (Lipinski definition) is 3. The standard InChI is InChI=1S/C18H23N3/c1-4-19-18(16-13(3)10-12(2)11-21-16)15-8-7-14-6-5-9-20-17(14)15/h5-6,9-11,15,18-19H,4,7-8H2,1-3H3. The molecule has 2 unspecified atom stereocenters. The van der Waals surface area contributed by atoms with E-state index in [0.717, 1.165) is 19.4 Å². The molecule has 21 heavy (non-hydrogen) atoms. The topological polar surface area (TPSA) is 37.8 Å². The van der Waals surface area contributed by atoms with E-state index >= 15 is 0 Å². The number of likely N-dealkylation sites (N-methyl/N-ethyl adjacent to an activating group) is 1. The molecule has 2 aromatic heterocycles. The highest BCUT2D eigenvalue weighted by Gasteiger charge is 2.32. The van der Waals surface area contributed by atoms with E-state index in [2.05, 4.69) is 43.2 Å². The Morgan fingerprint density at radius 2 is 2.19 bits per heavy atom. The second-order valence-electron chi connectivity index (χ2n) is 5.94. The molecule has 0 saturated heterocycles. The van der Waals surface area contributed by atoms with Crippen LogP contribution in [-0.4, -0.2) is 16.5 Å². The summed E-state index contributed by atoms with van der Waals surface area (Å²) in [7, 11) is 0. The van der Waals surface area contributed by atoms with Crippen LogP contribution in [0.2, 0.25) is 0 Å². The minimum Gasteiger partial charge on any atom is -0.308 e. The van der Waals surface area contributed by atoms with Crippen LogP contribution >= 0.6 is 0 Å². The zero-order valence-electron chi connectivity index (χ0n) is 13.1. The predicted molar refractivity (Wildman–Crippen MR) is 85.4 cm³/mol. The van der Waals surface area contributed by atoms with E-state index in [1.807, 2.05) is 18.5 Å². The van der Waals surface area contributed by atoms with E-state index in [0.29, 0.717) is 5.92 Å². The number of pyridine rings is 2. The zero-order chi connectivity index (χ0) is 14.8. The molecule has 2 atom stereocenters. The van der Waals surface area contributed by atoms with Crippen LogP contribution < -0.4 is 5.32 Å². The number of fused-ring (bicyclic) bond motifs is 1. The molecule has 110 valence electrons. The summed E-state index contributed by atoms with van der Waals surface area (Å²) < 4.78 is 0. The van der Waals surface area contributed by atoms with Crippen molar-refractivity contribution in [3.63, 3.8) is 0 Å². The highest BCUT2D eigenvalue weighted by Crippen LogP contribution is 2.40. The van der Waals surface area contributed by atoms with Gasteiger partial charge in [-0.3, -0.25) is 9.97 Å². The lowest BCUT2D eigenvalue weighted by Crippen LogP contribution is -2.28. The first-order valence-corrected chi connectivity index (χ1v) is 7.81. The Labute approximate surface area is 126 Å². The van der Waals surface area contributed by atoms with Crippen LogP contribution in [0.4, 0.5) is 0 Å². The zero-order valence-corrected chi connectivity index (χ0v) is 13.1. The number of rotatable bonds is 4. The van der Waals surface area contributed by atoms with Crippen molar-refractivity contribution in [3.8, 4) is 0 Å². The lowest BCUT2D eigenvalue weighted by atomic mass is 9.91. The Hall–Kier alpha value is -1.74. The summed E-state index contributed by atoms with van der Waals surface area (Å²) >= 11 is 0. The summed E-state index contributed by atoms with van der Waals surface area (Å²) in [6, 6.07) is 6.73. The van der Waals surface area contributed by atoms with Gasteiger partial charge in [-0.25, -0.2) is 0 Å². The van der Waals surface area contributed by atoms with Crippen LogP contribution in [-0.2, 0) is 6.42 Å². The molecule has 0 spiro atoms. The van der Waals surface area contributed by atoms with Gasteiger partial charge in [0.05, 0.1) is 11.7 Å². The Bertz CT molecular complexity index is 636. The molecule has 1 aliphatic rings. The Morgan fingerprint density at radius 3 is 2.95 bits per heavy atom. The molecule has 3 nitrogen and oxygen atoms in total. The minimum atomic E-state index is 0.256. The Balaban J connectivity index is 1.99. The van der Waals surface area contributed by atoms with Crippen LogP contribution in [0.1, 0.15) is 53.4 Å². The molecule has 0 aliphatic heterocycles. The third-order valence-electron chi connectivity index (χ3n) is 4.38. The van der Waals surface area contributed by atoms with Crippen molar-refractivity contribution < 1.29 is 0 Å². The Kier molecular flexibility index (Phi) is 4.02. The normalized spacial score (nSPS) is 18.5. The summed E-state index contributed by atoms with van der Waals surface area (Å²) in [6.45, 7) is 7.36. The predicted octanol–water partition coefficient (Wildman–Crippen LogP) is 3.47. The maximum atomic E-state index is 4.72. The first-order chi connectivity index (χ1) is 10.2. The molecule has 0 aromatic carbocycles. The SMILES string of the molecule is CCNC(c1ncc(C)cc1C)C1CCc2cccnc21. The van der Waals surface area contributed by atoms with Crippen molar-refractivity contribution in [3.05, 3.63) is 58.7 Å². The van der Waals surface area contributed by atoms with Gasteiger partial charge in [-0.1, -0.05) is 19.1 Å². The molecular formula is C18H23N3. The van der Waals surface area contributed by atoms with Crippen molar-refractivity contribution in [1.29, 1.82) is 0 Å². The van der Waals surface area contributed by atoms with Crippen LogP contribution in [0.3, 0.4) is 0 Å². The number of hydrogen-bond donors (Lipinski definition) is 1. The number of nitrogens with zero attached hydrogens (tertiary/aromatic N) is 2. The number of aryl methyl sites for hydroxylation is 3. The van der Waals surface area contributed by atoms with E-state index in [9.17, 15) is 0 Å². The molecule has 1 aliphatic carbocycles. The summed E-state index contributed by atoms with van der Waals surface area (Å²) in [5.41, 5.74) is 6.31. The second kappa shape index (κ2) is 5.94. The maximum Gasteiger partial charge on any atom is 0.0609 e. The molecule has 3 heteroatoms. The third-order valence-corrected chi connectivity index (χ3v) is 4.38. The van der Waals surface area contributed by atoms with Crippen molar-refractivity contribution >= 4 is 0 Å². The van der Waals surface area contributed by atoms with E-state index in [4.69, 9.17) is 4.98 Å². The molecule has 0 radical (unpaired) electrons. The number of aromatic nitrogens is 2. The van der Waals surface area contributed by atoms with Gasteiger partial charge < -0.3 is 5.32 Å². The second-order valence-corrected chi connectivity index (χ2v) is 5.94. The fraction of sp³-hybridized carbons (Fsp3) is 0.444. The molecule has 1 N–H and O–H groups in total. The lowest BCUT2D eigenvalue weighted by Gasteiger charge is -2.25. The van der Waals surface area contributed by atoms with Gasteiger partial charge in [-0.2, -0.15) is 0 Å². The minimum absolute atomic E-state index is 0.256. The summed E-state index contributed by atoms with van der Waals surface area (Å²) in [6.07, 6.45) is 6.16. The molecular weight excluding hydrogens is 258 g/mol. The van der Waals surface area contributed by atoms with Crippen molar-refractivity contribution in [1.82, 2.24) is 15.3 Å². The first-order valence-electron chi connectivity index (χ1n) is 7.81. The molecule has 0 saturated carbocycles.